The number of alkyl halides is 2. The Morgan fingerprint density at radius 2 is 1.92 bits per heavy atom. The van der Waals surface area contributed by atoms with Crippen molar-refractivity contribution in [2.75, 3.05) is 6.54 Å². The summed E-state index contributed by atoms with van der Waals surface area (Å²) < 4.78 is 24.6. The summed E-state index contributed by atoms with van der Waals surface area (Å²) in [6.45, 7) is 4.79. The van der Waals surface area contributed by atoms with E-state index in [-0.39, 0.29) is 31.2 Å². The first-order valence-electron chi connectivity index (χ1n) is 4.11. The number of hydrogen-bond acceptors (Lipinski definition) is 1. The molecule has 4 heteroatoms. The average molecular weight is 200 g/mol. The Kier molecular flexibility index (Phi) is 4.42. The van der Waals surface area contributed by atoms with Gasteiger partial charge in [-0.2, -0.15) is 0 Å². The Morgan fingerprint density at radius 3 is 2.25 bits per heavy atom. The van der Waals surface area contributed by atoms with Crippen molar-refractivity contribution in [2.24, 2.45) is 5.92 Å². The molecule has 12 heavy (non-hydrogen) atoms. The predicted molar refractivity (Wildman–Crippen MR) is 48.1 cm³/mol. The maximum Gasteiger partial charge on any atom is 0.248 e. The molecule has 74 valence electrons. The van der Waals surface area contributed by atoms with E-state index in [0.29, 0.717) is 6.04 Å². The highest BCUT2D eigenvalue weighted by Crippen LogP contribution is 2.41. The van der Waals surface area contributed by atoms with Crippen molar-refractivity contribution in [1.29, 1.82) is 0 Å². The van der Waals surface area contributed by atoms with E-state index in [9.17, 15) is 8.78 Å². The van der Waals surface area contributed by atoms with Crippen molar-refractivity contribution in [3.63, 3.8) is 0 Å². The van der Waals surface area contributed by atoms with Crippen LogP contribution in [0, 0.1) is 5.92 Å². The standard InChI is InChI=1S/C8H15F2N.ClH/c1-6(2)11-5-7-3-8(9,10)4-7;/h6-7,11H,3-5H2,1-2H3;1H. The predicted octanol–water partition coefficient (Wildman–Crippen LogP) is 2.45. The summed E-state index contributed by atoms with van der Waals surface area (Å²) in [4.78, 5) is 0. The lowest BCUT2D eigenvalue weighted by molar-refractivity contribution is -0.109. The second-order valence-corrected chi connectivity index (χ2v) is 3.69. The average Bonchev–Trinajstić information content (AvgIpc) is 1.78. The molecule has 1 N–H and O–H groups in total. The fourth-order valence-electron chi connectivity index (χ4n) is 1.33. The minimum Gasteiger partial charge on any atom is -0.314 e. The molecule has 0 aliphatic heterocycles. The van der Waals surface area contributed by atoms with Gasteiger partial charge in [0.25, 0.3) is 0 Å². The molecule has 0 amide bonds. The number of nitrogens with one attached hydrogen (secondary N) is 1. The van der Waals surface area contributed by atoms with Crippen LogP contribution >= 0.6 is 12.4 Å². The molecule has 0 spiro atoms. The van der Waals surface area contributed by atoms with Gasteiger partial charge in [-0.15, -0.1) is 12.4 Å². The van der Waals surface area contributed by atoms with Gasteiger partial charge in [0.15, 0.2) is 0 Å². The Hall–Kier alpha value is 0.110. The first kappa shape index (κ1) is 12.1. The molecule has 0 atom stereocenters. The van der Waals surface area contributed by atoms with Gasteiger partial charge in [0, 0.05) is 18.9 Å². The van der Waals surface area contributed by atoms with Gasteiger partial charge in [0.1, 0.15) is 0 Å². The molecule has 1 aliphatic rings. The lowest BCUT2D eigenvalue weighted by Crippen LogP contribution is -2.42. The third kappa shape index (κ3) is 3.68. The molecule has 0 heterocycles. The largest absolute Gasteiger partial charge is 0.314 e. The molecule has 0 unspecified atom stereocenters. The molecule has 0 aromatic carbocycles. The van der Waals surface area contributed by atoms with Gasteiger partial charge in [-0.25, -0.2) is 8.78 Å². The molecule has 0 aromatic heterocycles. The van der Waals surface area contributed by atoms with Crippen molar-refractivity contribution < 1.29 is 8.78 Å². The Balaban J connectivity index is 0.00000121. The van der Waals surface area contributed by atoms with Crippen molar-refractivity contribution in [2.45, 2.75) is 38.7 Å². The Morgan fingerprint density at radius 1 is 1.42 bits per heavy atom. The van der Waals surface area contributed by atoms with Crippen molar-refractivity contribution in [3.05, 3.63) is 0 Å². The molecule has 1 saturated carbocycles. The summed E-state index contributed by atoms with van der Waals surface area (Å²) in [7, 11) is 0. The molecule has 0 saturated heterocycles. The van der Waals surface area contributed by atoms with Crippen LogP contribution in [0.3, 0.4) is 0 Å². The van der Waals surface area contributed by atoms with E-state index in [1.54, 1.807) is 0 Å². The van der Waals surface area contributed by atoms with Crippen molar-refractivity contribution in [3.8, 4) is 0 Å². The van der Waals surface area contributed by atoms with Crippen molar-refractivity contribution in [1.82, 2.24) is 5.32 Å². The molecule has 1 rings (SSSR count). The van der Waals surface area contributed by atoms with E-state index < -0.39 is 5.92 Å². The molecule has 0 bridgehead atoms. The van der Waals surface area contributed by atoms with E-state index >= 15 is 0 Å². The SMILES string of the molecule is CC(C)NCC1CC(F)(F)C1.Cl. The summed E-state index contributed by atoms with van der Waals surface area (Å²) in [5.74, 6) is -2.16. The highest BCUT2D eigenvalue weighted by atomic mass is 35.5. The monoisotopic (exact) mass is 199 g/mol. The third-order valence-electron chi connectivity index (χ3n) is 1.99. The van der Waals surface area contributed by atoms with Gasteiger partial charge >= 0.3 is 0 Å². The zero-order valence-electron chi connectivity index (χ0n) is 7.44. The van der Waals surface area contributed by atoms with Crippen LogP contribution in [0.5, 0.6) is 0 Å². The van der Waals surface area contributed by atoms with Gasteiger partial charge in [-0.05, 0) is 12.5 Å². The summed E-state index contributed by atoms with van der Waals surface area (Å²) in [6.07, 6.45) is 0.152. The second kappa shape index (κ2) is 4.38. The number of rotatable bonds is 3. The van der Waals surface area contributed by atoms with Crippen LogP contribution in [-0.4, -0.2) is 18.5 Å². The Bertz CT molecular complexity index is 131. The van der Waals surface area contributed by atoms with Gasteiger partial charge in [-0.1, -0.05) is 13.8 Å². The minimum absolute atomic E-state index is 0. The summed E-state index contributed by atoms with van der Waals surface area (Å²) in [6, 6.07) is 0.407. The van der Waals surface area contributed by atoms with E-state index in [0.717, 1.165) is 6.54 Å². The molecule has 0 radical (unpaired) electrons. The smallest absolute Gasteiger partial charge is 0.248 e. The van der Waals surface area contributed by atoms with Crippen LogP contribution in [0.15, 0.2) is 0 Å². The maximum atomic E-state index is 12.3. The molecular weight excluding hydrogens is 184 g/mol. The minimum atomic E-state index is -2.36. The number of halogens is 3. The van der Waals surface area contributed by atoms with E-state index in [1.807, 2.05) is 13.8 Å². The van der Waals surface area contributed by atoms with Gasteiger partial charge in [0.2, 0.25) is 5.92 Å². The van der Waals surface area contributed by atoms with E-state index in [1.165, 1.54) is 0 Å². The quantitative estimate of drug-likeness (QED) is 0.737. The third-order valence-corrected chi connectivity index (χ3v) is 1.99. The van der Waals surface area contributed by atoms with Crippen LogP contribution in [0.25, 0.3) is 0 Å². The normalized spacial score (nSPS) is 21.8. The van der Waals surface area contributed by atoms with E-state index in [4.69, 9.17) is 0 Å². The molecule has 1 aliphatic carbocycles. The fourth-order valence-corrected chi connectivity index (χ4v) is 1.33. The Labute approximate surface area is 78.3 Å². The highest BCUT2D eigenvalue weighted by molar-refractivity contribution is 5.85. The van der Waals surface area contributed by atoms with Gasteiger partial charge in [-0.3, -0.25) is 0 Å². The van der Waals surface area contributed by atoms with Gasteiger partial charge in [0.05, 0.1) is 0 Å². The lowest BCUT2D eigenvalue weighted by Gasteiger charge is -2.35. The van der Waals surface area contributed by atoms with Gasteiger partial charge < -0.3 is 5.32 Å². The molecular formula is C8H16ClF2N. The van der Waals surface area contributed by atoms with Crippen LogP contribution in [0.4, 0.5) is 8.78 Å². The van der Waals surface area contributed by atoms with Crippen LogP contribution in [0.2, 0.25) is 0 Å². The van der Waals surface area contributed by atoms with Crippen LogP contribution in [0.1, 0.15) is 26.7 Å². The zero-order chi connectivity index (χ0) is 8.48. The number of hydrogen-bond donors (Lipinski definition) is 1. The first-order valence-corrected chi connectivity index (χ1v) is 4.11. The summed E-state index contributed by atoms with van der Waals surface area (Å²) in [5.41, 5.74) is 0. The summed E-state index contributed by atoms with van der Waals surface area (Å²) >= 11 is 0. The van der Waals surface area contributed by atoms with Crippen molar-refractivity contribution >= 4 is 12.4 Å². The van der Waals surface area contributed by atoms with Crippen LogP contribution < -0.4 is 5.32 Å². The summed E-state index contributed by atoms with van der Waals surface area (Å²) in [5, 5.41) is 3.15. The maximum absolute atomic E-state index is 12.3. The second-order valence-electron chi connectivity index (χ2n) is 3.69. The first-order chi connectivity index (χ1) is 4.99. The topological polar surface area (TPSA) is 12.0 Å². The van der Waals surface area contributed by atoms with Crippen LogP contribution in [-0.2, 0) is 0 Å². The fraction of sp³-hybridized carbons (Fsp3) is 1.00. The lowest BCUT2D eigenvalue weighted by atomic mass is 9.81. The zero-order valence-corrected chi connectivity index (χ0v) is 8.26. The molecule has 1 nitrogen and oxygen atoms in total. The highest BCUT2D eigenvalue weighted by Gasteiger charge is 2.44. The molecule has 1 fully saturated rings. The molecule has 0 aromatic rings. The van der Waals surface area contributed by atoms with E-state index in [2.05, 4.69) is 5.32 Å².